The maximum absolute atomic E-state index is 8.51. The summed E-state index contributed by atoms with van der Waals surface area (Å²) in [5.41, 5.74) is 0. The van der Waals surface area contributed by atoms with Crippen LogP contribution in [0.5, 0.6) is 0 Å². The van der Waals surface area contributed by atoms with Crippen LogP contribution in [0.3, 0.4) is 0 Å². The number of hydroxylamine groups is 2. The van der Waals surface area contributed by atoms with Crippen LogP contribution >= 0.6 is 0 Å². The van der Waals surface area contributed by atoms with E-state index in [2.05, 4.69) is 0 Å². The average Bonchev–Trinajstić information content (AvgIpc) is 1.86. The molecule has 0 atom stereocenters. The highest BCUT2D eigenvalue weighted by Gasteiger charge is 2.06. The predicted octanol–water partition coefficient (Wildman–Crippen LogP) is 0.633. The molecule has 2 heteroatoms. The SMILES string of the molecule is ON1[CH]CCC1. The van der Waals surface area contributed by atoms with Gasteiger partial charge in [0.25, 0.3) is 0 Å². The summed E-state index contributed by atoms with van der Waals surface area (Å²) in [6.45, 7) is 2.61. The van der Waals surface area contributed by atoms with Crippen LogP contribution in [0, 0.1) is 6.54 Å². The third kappa shape index (κ3) is 0.698. The van der Waals surface area contributed by atoms with Gasteiger partial charge in [0.05, 0.1) is 6.54 Å². The van der Waals surface area contributed by atoms with E-state index in [1.165, 1.54) is 5.06 Å². The minimum atomic E-state index is 0.819. The summed E-state index contributed by atoms with van der Waals surface area (Å²) in [4.78, 5) is 0. The van der Waals surface area contributed by atoms with Gasteiger partial charge in [0.15, 0.2) is 0 Å². The zero-order valence-electron chi connectivity index (χ0n) is 3.59. The molecule has 0 aromatic rings. The third-order valence-electron chi connectivity index (χ3n) is 0.931. The Morgan fingerprint density at radius 3 is 2.67 bits per heavy atom. The summed E-state index contributed by atoms with van der Waals surface area (Å²) < 4.78 is 0. The van der Waals surface area contributed by atoms with Gasteiger partial charge in [0.2, 0.25) is 0 Å². The van der Waals surface area contributed by atoms with Gasteiger partial charge in [0.1, 0.15) is 0 Å². The molecule has 0 unspecified atom stereocenters. The lowest BCUT2D eigenvalue weighted by molar-refractivity contribution is -0.0436. The summed E-state index contributed by atoms with van der Waals surface area (Å²) in [6.07, 6.45) is 2.15. The standard InChI is InChI=1S/C4H8NO/c6-5-3-1-2-4-5/h3,6H,1-2,4H2. The van der Waals surface area contributed by atoms with E-state index in [4.69, 9.17) is 5.21 Å². The molecule has 1 radical (unpaired) electrons. The minimum Gasteiger partial charge on any atom is -0.314 e. The van der Waals surface area contributed by atoms with Gasteiger partial charge in [-0.3, -0.25) is 0 Å². The van der Waals surface area contributed by atoms with Gasteiger partial charge < -0.3 is 5.21 Å². The first-order valence-corrected chi connectivity index (χ1v) is 2.18. The molecular formula is C4H8NO. The molecule has 0 bridgehead atoms. The van der Waals surface area contributed by atoms with E-state index < -0.39 is 0 Å². The molecular weight excluding hydrogens is 78.0 g/mol. The van der Waals surface area contributed by atoms with Gasteiger partial charge in [-0.1, -0.05) is 0 Å². The van der Waals surface area contributed by atoms with Crippen molar-refractivity contribution < 1.29 is 5.21 Å². The van der Waals surface area contributed by atoms with Gasteiger partial charge in [-0.05, 0) is 12.8 Å². The van der Waals surface area contributed by atoms with Crippen LogP contribution in [0.15, 0.2) is 0 Å². The molecule has 2 nitrogen and oxygen atoms in total. The third-order valence-corrected chi connectivity index (χ3v) is 0.931. The van der Waals surface area contributed by atoms with E-state index >= 15 is 0 Å². The van der Waals surface area contributed by atoms with E-state index in [-0.39, 0.29) is 0 Å². The highest BCUT2D eigenvalue weighted by Crippen LogP contribution is 2.06. The molecule has 1 fully saturated rings. The summed E-state index contributed by atoms with van der Waals surface area (Å²) in [7, 11) is 0. The maximum atomic E-state index is 8.51. The number of hydrogen-bond acceptors (Lipinski definition) is 2. The Kier molecular flexibility index (Phi) is 1.08. The maximum Gasteiger partial charge on any atom is 0.0529 e. The fourth-order valence-electron chi connectivity index (χ4n) is 0.585. The van der Waals surface area contributed by atoms with Crippen LogP contribution < -0.4 is 0 Å². The molecule has 1 rings (SSSR count). The Hall–Kier alpha value is -0.0800. The summed E-state index contributed by atoms with van der Waals surface area (Å²) in [6, 6.07) is 0. The monoisotopic (exact) mass is 86.1 g/mol. The van der Waals surface area contributed by atoms with E-state index in [1.807, 2.05) is 0 Å². The first-order chi connectivity index (χ1) is 2.89. The first-order valence-electron chi connectivity index (χ1n) is 2.18. The molecule has 0 aliphatic carbocycles. The molecule has 1 aliphatic heterocycles. The largest absolute Gasteiger partial charge is 0.314 e. The lowest BCUT2D eigenvalue weighted by Gasteiger charge is -1.98. The van der Waals surface area contributed by atoms with Crippen LogP contribution in [0.4, 0.5) is 0 Å². The molecule has 1 saturated heterocycles. The van der Waals surface area contributed by atoms with Crippen molar-refractivity contribution in [2.75, 3.05) is 6.54 Å². The van der Waals surface area contributed by atoms with Gasteiger partial charge >= 0.3 is 0 Å². The van der Waals surface area contributed by atoms with Gasteiger partial charge in [0, 0.05) is 6.54 Å². The van der Waals surface area contributed by atoms with Crippen LogP contribution in [0.1, 0.15) is 12.8 Å². The van der Waals surface area contributed by atoms with Crippen LogP contribution in [0.2, 0.25) is 0 Å². The summed E-state index contributed by atoms with van der Waals surface area (Å²) in [5.74, 6) is 0. The normalized spacial score (nSPS) is 25.5. The van der Waals surface area contributed by atoms with Crippen molar-refractivity contribution in [3.63, 3.8) is 0 Å². The molecule has 0 spiro atoms. The van der Waals surface area contributed by atoms with Gasteiger partial charge in [-0.15, -0.1) is 0 Å². The fourth-order valence-corrected chi connectivity index (χ4v) is 0.585. The molecule has 0 aromatic heterocycles. The van der Waals surface area contributed by atoms with Crippen molar-refractivity contribution in [1.29, 1.82) is 0 Å². The number of rotatable bonds is 0. The molecule has 1 heterocycles. The molecule has 0 amide bonds. The van der Waals surface area contributed by atoms with Crippen molar-refractivity contribution in [3.8, 4) is 0 Å². The van der Waals surface area contributed by atoms with Crippen LogP contribution in [0.25, 0.3) is 0 Å². The average molecular weight is 86.1 g/mol. The highest BCUT2D eigenvalue weighted by molar-refractivity contribution is 4.68. The van der Waals surface area contributed by atoms with E-state index in [1.54, 1.807) is 6.54 Å². The van der Waals surface area contributed by atoms with E-state index in [0.29, 0.717) is 0 Å². The lowest BCUT2D eigenvalue weighted by Crippen LogP contribution is -2.07. The Morgan fingerprint density at radius 2 is 2.50 bits per heavy atom. The topological polar surface area (TPSA) is 23.5 Å². The molecule has 0 aromatic carbocycles. The Morgan fingerprint density at radius 1 is 1.67 bits per heavy atom. The van der Waals surface area contributed by atoms with Gasteiger partial charge in [-0.25, -0.2) is 0 Å². The minimum absolute atomic E-state index is 0.819. The zero-order valence-corrected chi connectivity index (χ0v) is 3.59. The summed E-state index contributed by atoms with van der Waals surface area (Å²) in [5, 5.41) is 9.74. The van der Waals surface area contributed by atoms with Crippen molar-refractivity contribution >= 4 is 0 Å². The van der Waals surface area contributed by atoms with E-state index in [9.17, 15) is 0 Å². The van der Waals surface area contributed by atoms with Crippen molar-refractivity contribution in [2.45, 2.75) is 12.8 Å². The highest BCUT2D eigenvalue weighted by atomic mass is 16.5. The van der Waals surface area contributed by atoms with Crippen LogP contribution in [-0.4, -0.2) is 16.8 Å². The smallest absolute Gasteiger partial charge is 0.0529 e. The second-order valence-electron chi connectivity index (χ2n) is 1.49. The van der Waals surface area contributed by atoms with Crippen molar-refractivity contribution in [3.05, 3.63) is 6.54 Å². The zero-order chi connectivity index (χ0) is 4.41. The van der Waals surface area contributed by atoms with Crippen molar-refractivity contribution in [2.24, 2.45) is 0 Å². The molecule has 6 heavy (non-hydrogen) atoms. The Balaban J connectivity index is 2.18. The molecule has 1 N–H and O–H groups in total. The number of hydrogen-bond donors (Lipinski definition) is 1. The fraction of sp³-hybridized carbons (Fsp3) is 0.750. The van der Waals surface area contributed by atoms with Crippen LogP contribution in [-0.2, 0) is 0 Å². The van der Waals surface area contributed by atoms with E-state index in [0.717, 1.165) is 19.4 Å². The molecule has 35 valence electrons. The first kappa shape index (κ1) is 4.09. The quantitative estimate of drug-likeness (QED) is 0.467. The Labute approximate surface area is 37.3 Å². The summed E-state index contributed by atoms with van der Waals surface area (Å²) >= 11 is 0. The second-order valence-corrected chi connectivity index (χ2v) is 1.49. The molecule has 1 aliphatic rings. The second kappa shape index (κ2) is 1.58. The van der Waals surface area contributed by atoms with Crippen molar-refractivity contribution in [1.82, 2.24) is 5.06 Å². The Bertz CT molecular complexity index is 40.8. The van der Waals surface area contributed by atoms with Gasteiger partial charge in [-0.2, -0.15) is 5.06 Å². The molecule has 0 saturated carbocycles. The number of nitrogens with zero attached hydrogens (tertiary/aromatic N) is 1. The lowest BCUT2D eigenvalue weighted by atomic mass is 10.4. The predicted molar refractivity (Wildman–Crippen MR) is 22.0 cm³/mol.